The fourth-order valence-corrected chi connectivity index (χ4v) is 3.02. The first-order valence-electron chi connectivity index (χ1n) is 8.69. The van der Waals surface area contributed by atoms with E-state index in [4.69, 9.17) is 21.4 Å². The number of nitrogens with two attached hydrogens (primary N) is 1. The number of hydrogen-bond donors (Lipinski definition) is 4. The van der Waals surface area contributed by atoms with Crippen molar-refractivity contribution in [3.63, 3.8) is 0 Å². The zero-order valence-electron chi connectivity index (χ0n) is 15.2. The van der Waals surface area contributed by atoms with Crippen molar-refractivity contribution in [1.29, 1.82) is 0 Å². The van der Waals surface area contributed by atoms with Crippen molar-refractivity contribution in [3.8, 4) is 0 Å². The van der Waals surface area contributed by atoms with Crippen molar-refractivity contribution in [2.24, 2.45) is 16.6 Å². The van der Waals surface area contributed by atoms with Crippen LogP contribution in [-0.2, 0) is 4.74 Å². The van der Waals surface area contributed by atoms with Crippen LogP contribution in [0.5, 0.6) is 0 Å². The van der Waals surface area contributed by atoms with Crippen LogP contribution in [-0.4, -0.2) is 77.7 Å². The SMILES string of the molecule is CNCCN([NH-])C1C=CC(N2CC(CN=C(N)/C=C\O)OC2O)=CC1C. The summed E-state index contributed by atoms with van der Waals surface area (Å²) in [7, 11) is 1.87. The highest BCUT2D eigenvalue weighted by molar-refractivity contribution is 5.91. The van der Waals surface area contributed by atoms with E-state index in [2.05, 4.69) is 17.2 Å². The first-order chi connectivity index (χ1) is 12.5. The predicted molar refractivity (Wildman–Crippen MR) is 101 cm³/mol. The molecule has 146 valence electrons. The standard InChI is InChI=1S/C17H29N6O3/c1-12-9-13(3-4-15(12)23(19)7-6-20-2)22-11-14(26-17(22)25)10-21-16(18)5-8-24/h3-5,8-9,12,14-15,17,19-20,24-25H,6-7,10-11H2,1-2H3,(H2,18,21)/q-1/b8-5-. The van der Waals surface area contributed by atoms with Crippen molar-refractivity contribution in [3.05, 3.63) is 42.1 Å². The molecule has 1 aliphatic carbocycles. The maximum atomic E-state index is 10.2. The van der Waals surface area contributed by atoms with Gasteiger partial charge in [0.2, 0.25) is 6.41 Å². The summed E-state index contributed by atoms with van der Waals surface area (Å²) < 4.78 is 5.52. The molecule has 4 unspecified atom stereocenters. The van der Waals surface area contributed by atoms with Gasteiger partial charge in [-0.25, -0.2) is 0 Å². The number of nitrogens with zero attached hydrogens (tertiary/aromatic N) is 3. The van der Waals surface area contributed by atoms with Crippen LogP contribution in [0.15, 0.2) is 41.3 Å². The molecule has 0 bridgehead atoms. The molecule has 1 heterocycles. The van der Waals surface area contributed by atoms with Gasteiger partial charge in [-0.05, 0) is 25.6 Å². The molecule has 0 aromatic carbocycles. The number of aliphatic imine (C=N–C) groups is 1. The second-order valence-corrected chi connectivity index (χ2v) is 6.42. The Balaban J connectivity index is 1.95. The minimum absolute atomic E-state index is 0.00164. The Morgan fingerprint density at radius 1 is 1.62 bits per heavy atom. The highest BCUT2D eigenvalue weighted by Gasteiger charge is 2.33. The van der Waals surface area contributed by atoms with Crippen LogP contribution in [0, 0.1) is 5.92 Å². The van der Waals surface area contributed by atoms with E-state index in [9.17, 15) is 5.11 Å². The molecule has 0 aromatic rings. The molecular weight excluding hydrogens is 336 g/mol. The van der Waals surface area contributed by atoms with E-state index in [0.717, 1.165) is 18.5 Å². The maximum absolute atomic E-state index is 10.2. The minimum Gasteiger partial charge on any atom is -0.609 e. The van der Waals surface area contributed by atoms with E-state index in [1.807, 2.05) is 25.3 Å². The van der Waals surface area contributed by atoms with E-state index in [1.165, 1.54) is 6.08 Å². The van der Waals surface area contributed by atoms with Crippen molar-refractivity contribution < 1.29 is 14.9 Å². The first-order valence-corrected chi connectivity index (χ1v) is 8.69. The summed E-state index contributed by atoms with van der Waals surface area (Å²) in [5, 5.41) is 23.5. The zero-order chi connectivity index (χ0) is 19.1. The summed E-state index contributed by atoms with van der Waals surface area (Å²) in [6.45, 7) is 4.23. The van der Waals surface area contributed by atoms with E-state index >= 15 is 0 Å². The number of aliphatic hydroxyl groups excluding tert-OH is 2. The molecule has 0 saturated carbocycles. The number of amidine groups is 1. The average Bonchev–Trinajstić information content (AvgIpc) is 2.99. The Morgan fingerprint density at radius 2 is 2.38 bits per heavy atom. The largest absolute Gasteiger partial charge is 0.609 e. The molecule has 1 fully saturated rings. The van der Waals surface area contributed by atoms with Gasteiger partial charge in [-0.15, -0.1) is 0 Å². The van der Waals surface area contributed by atoms with E-state index in [-0.39, 0.29) is 23.9 Å². The molecule has 9 nitrogen and oxygen atoms in total. The summed E-state index contributed by atoms with van der Waals surface area (Å²) in [5.41, 5.74) is 6.47. The second-order valence-electron chi connectivity index (χ2n) is 6.42. The fourth-order valence-electron chi connectivity index (χ4n) is 3.02. The van der Waals surface area contributed by atoms with Gasteiger partial charge < -0.3 is 41.8 Å². The normalized spacial score (nSPS) is 29.8. The summed E-state index contributed by atoms with van der Waals surface area (Å²) >= 11 is 0. The molecule has 26 heavy (non-hydrogen) atoms. The van der Waals surface area contributed by atoms with Crippen molar-refractivity contribution >= 4 is 5.84 Å². The summed E-state index contributed by atoms with van der Waals surface area (Å²) in [6, 6.07) is -0.00164. The lowest BCUT2D eigenvalue weighted by molar-refractivity contribution is -0.137. The van der Waals surface area contributed by atoms with Crippen molar-refractivity contribution in [2.45, 2.75) is 25.5 Å². The predicted octanol–water partition coefficient (Wildman–Crippen LogP) is 0.339. The quantitative estimate of drug-likeness (QED) is 0.211. The van der Waals surface area contributed by atoms with Gasteiger partial charge in [0.1, 0.15) is 5.84 Å². The van der Waals surface area contributed by atoms with Crippen LogP contribution in [0.1, 0.15) is 6.92 Å². The number of rotatable bonds is 8. The molecule has 4 atom stereocenters. The maximum Gasteiger partial charge on any atom is 0.238 e. The van der Waals surface area contributed by atoms with Gasteiger partial charge in [-0.1, -0.05) is 19.1 Å². The molecule has 1 aliphatic heterocycles. The average molecular weight is 365 g/mol. The molecule has 1 saturated heterocycles. The number of nitrogens with one attached hydrogen (secondary N) is 2. The Hall–Kier alpha value is -1.91. The van der Waals surface area contributed by atoms with Gasteiger partial charge in [0, 0.05) is 24.4 Å². The number of hydrogen-bond acceptors (Lipinski definition) is 7. The Morgan fingerprint density at radius 3 is 3.04 bits per heavy atom. The minimum atomic E-state index is -1.04. The van der Waals surface area contributed by atoms with Gasteiger partial charge in [-0.3, -0.25) is 4.99 Å². The lowest BCUT2D eigenvalue weighted by Crippen LogP contribution is -2.39. The van der Waals surface area contributed by atoms with Gasteiger partial charge in [-0.2, -0.15) is 0 Å². The molecule has 6 N–H and O–H groups in total. The smallest absolute Gasteiger partial charge is 0.238 e. The Kier molecular flexibility index (Phi) is 7.61. The van der Waals surface area contributed by atoms with Crippen LogP contribution in [0.3, 0.4) is 0 Å². The van der Waals surface area contributed by atoms with Gasteiger partial charge in [0.25, 0.3) is 0 Å². The monoisotopic (exact) mass is 365 g/mol. The Bertz CT molecular complexity index is 577. The van der Waals surface area contributed by atoms with Crippen LogP contribution < -0.4 is 11.1 Å². The summed E-state index contributed by atoms with van der Waals surface area (Å²) in [5.74, 6) is 8.49. The first kappa shape index (κ1) is 20.4. The molecule has 0 aromatic heterocycles. The fraction of sp³-hybridized carbons (Fsp3) is 0.588. The molecule has 0 radical (unpaired) electrons. The topological polar surface area (TPSA) is 130 Å². The molecule has 2 aliphatic rings. The van der Waals surface area contributed by atoms with E-state index in [0.29, 0.717) is 19.6 Å². The number of aliphatic hydroxyl groups is 2. The van der Waals surface area contributed by atoms with Crippen molar-refractivity contribution in [2.75, 3.05) is 33.2 Å². The van der Waals surface area contributed by atoms with E-state index < -0.39 is 6.41 Å². The number of allylic oxidation sites excluding steroid dienone is 1. The Labute approximate surface area is 154 Å². The molecule has 2 rings (SSSR count). The lowest BCUT2D eigenvalue weighted by Gasteiger charge is -2.39. The third kappa shape index (κ3) is 5.29. The van der Waals surface area contributed by atoms with Gasteiger partial charge in [0.05, 0.1) is 25.5 Å². The molecule has 9 heteroatoms. The van der Waals surface area contributed by atoms with E-state index in [1.54, 1.807) is 9.91 Å². The zero-order valence-corrected chi connectivity index (χ0v) is 15.2. The summed E-state index contributed by atoms with van der Waals surface area (Å²) in [6.07, 6.45) is 6.75. The second kappa shape index (κ2) is 9.70. The van der Waals surface area contributed by atoms with Gasteiger partial charge in [0.15, 0.2) is 0 Å². The highest BCUT2D eigenvalue weighted by Crippen LogP contribution is 2.27. The third-order valence-electron chi connectivity index (χ3n) is 4.43. The van der Waals surface area contributed by atoms with Crippen LogP contribution >= 0.6 is 0 Å². The van der Waals surface area contributed by atoms with Crippen LogP contribution in [0.25, 0.3) is 5.84 Å². The molecule has 0 amide bonds. The van der Waals surface area contributed by atoms with Crippen LogP contribution in [0.2, 0.25) is 0 Å². The van der Waals surface area contributed by atoms with Gasteiger partial charge >= 0.3 is 0 Å². The van der Waals surface area contributed by atoms with Crippen LogP contribution in [0.4, 0.5) is 0 Å². The number of ether oxygens (including phenoxy) is 1. The molecule has 0 spiro atoms. The number of likely N-dealkylation sites (N-methyl/N-ethyl adjacent to an activating group) is 1. The van der Waals surface area contributed by atoms with Crippen molar-refractivity contribution in [1.82, 2.24) is 15.2 Å². The lowest BCUT2D eigenvalue weighted by atomic mass is 9.94. The summed E-state index contributed by atoms with van der Waals surface area (Å²) in [4.78, 5) is 5.87. The highest BCUT2D eigenvalue weighted by atomic mass is 16.6. The molecular formula is C17H29N6O3-. The third-order valence-corrected chi connectivity index (χ3v) is 4.43.